The van der Waals surface area contributed by atoms with Gasteiger partial charge in [0.25, 0.3) is 0 Å². The number of primary amides is 1. The molecular weight excluding hydrogens is 671 g/mol. The van der Waals surface area contributed by atoms with Crippen molar-refractivity contribution in [3.05, 3.63) is 99.5 Å². The van der Waals surface area contributed by atoms with Gasteiger partial charge in [-0.2, -0.15) is 0 Å². The molecule has 0 aromatic heterocycles. The lowest BCUT2D eigenvalue weighted by atomic mass is 10.0. The van der Waals surface area contributed by atoms with Gasteiger partial charge in [0.2, 0.25) is 29.5 Å². The van der Waals surface area contributed by atoms with Crippen LogP contribution in [0.15, 0.2) is 72.8 Å². The largest absolute Gasteiger partial charge is 0.489 e. The first-order valence-electron chi connectivity index (χ1n) is 15.7. The van der Waals surface area contributed by atoms with Crippen LogP contribution in [0.3, 0.4) is 0 Å². The van der Waals surface area contributed by atoms with Gasteiger partial charge in [0.15, 0.2) is 0 Å². The first-order chi connectivity index (χ1) is 23.3. The minimum atomic E-state index is -1.04. The summed E-state index contributed by atoms with van der Waals surface area (Å²) in [4.78, 5) is 62.7. The van der Waals surface area contributed by atoms with E-state index in [-0.39, 0.29) is 25.4 Å². The predicted octanol–water partition coefficient (Wildman–Crippen LogP) is 2.42. The molecular formula is C35H42Cl2N6O6. The number of rotatable bonds is 18. The third-order valence-electron chi connectivity index (χ3n) is 7.33. The van der Waals surface area contributed by atoms with Crippen molar-refractivity contribution < 1.29 is 28.7 Å². The Hall–Kier alpha value is -4.65. The fourth-order valence-electron chi connectivity index (χ4n) is 4.73. The minimum absolute atomic E-state index is 0.0869. The number of nitrogens with one attached hydrogen (secondary N) is 4. The van der Waals surface area contributed by atoms with Gasteiger partial charge in [-0.1, -0.05) is 85.6 Å². The van der Waals surface area contributed by atoms with Crippen molar-refractivity contribution in [2.75, 3.05) is 13.1 Å². The van der Waals surface area contributed by atoms with E-state index >= 15 is 0 Å². The topological polar surface area (TPSA) is 195 Å². The molecule has 8 N–H and O–H groups in total. The van der Waals surface area contributed by atoms with Crippen molar-refractivity contribution in [2.45, 2.75) is 57.8 Å². The zero-order valence-electron chi connectivity index (χ0n) is 27.3. The monoisotopic (exact) mass is 712 g/mol. The Morgan fingerprint density at radius 2 is 1.33 bits per heavy atom. The third-order valence-corrected chi connectivity index (χ3v) is 8.04. The van der Waals surface area contributed by atoms with Crippen LogP contribution in [0.2, 0.25) is 10.0 Å². The lowest BCUT2D eigenvalue weighted by molar-refractivity contribution is -0.132. The predicted molar refractivity (Wildman–Crippen MR) is 188 cm³/mol. The molecule has 14 heteroatoms. The van der Waals surface area contributed by atoms with Crippen molar-refractivity contribution in [1.82, 2.24) is 21.3 Å². The molecule has 0 unspecified atom stereocenters. The van der Waals surface area contributed by atoms with Crippen LogP contribution in [0, 0.1) is 5.92 Å². The third kappa shape index (κ3) is 13.4. The number of nitrogens with two attached hydrogens (primary N) is 2. The number of carbonyl (C=O) groups excluding carboxylic acids is 5. The molecule has 3 aromatic rings. The molecule has 12 nitrogen and oxygen atoms in total. The summed E-state index contributed by atoms with van der Waals surface area (Å²) < 4.78 is 5.77. The van der Waals surface area contributed by atoms with Crippen LogP contribution in [0.5, 0.6) is 5.75 Å². The van der Waals surface area contributed by atoms with E-state index < -0.39 is 60.8 Å². The van der Waals surface area contributed by atoms with Crippen LogP contribution in [-0.2, 0) is 43.4 Å². The van der Waals surface area contributed by atoms with Gasteiger partial charge in [0.1, 0.15) is 24.4 Å². The number of hydrogen-bond donors (Lipinski definition) is 6. The van der Waals surface area contributed by atoms with Crippen molar-refractivity contribution in [1.29, 1.82) is 0 Å². The Morgan fingerprint density at radius 1 is 0.714 bits per heavy atom. The fourth-order valence-corrected chi connectivity index (χ4v) is 5.23. The van der Waals surface area contributed by atoms with E-state index in [1.807, 2.05) is 19.9 Å². The maximum atomic E-state index is 13.1. The van der Waals surface area contributed by atoms with Crippen molar-refractivity contribution in [3.63, 3.8) is 0 Å². The molecule has 0 aliphatic rings. The maximum absolute atomic E-state index is 13.1. The zero-order chi connectivity index (χ0) is 35.9. The Morgan fingerprint density at radius 3 is 1.94 bits per heavy atom. The molecule has 0 saturated heterocycles. The summed E-state index contributed by atoms with van der Waals surface area (Å²) >= 11 is 12.4. The molecule has 5 amide bonds. The van der Waals surface area contributed by atoms with Crippen LogP contribution in [-0.4, -0.2) is 60.8 Å². The Labute approximate surface area is 295 Å². The van der Waals surface area contributed by atoms with Crippen LogP contribution in [0.1, 0.15) is 37.0 Å². The highest BCUT2D eigenvalue weighted by atomic mass is 35.5. The van der Waals surface area contributed by atoms with E-state index in [0.29, 0.717) is 27.8 Å². The number of amides is 5. The van der Waals surface area contributed by atoms with Gasteiger partial charge in [0.05, 0.1) is 19.1 Å². The quantitative estimate of drug-likeness (QED) is 0.117. The molecule has 0 aliphatic carbocycles. The van der Waals surface area contributed by atoms with E-state index in [2.05, 4.69) is 21.3 Å². The Bertz CT molecular complexity index is 1570. The highest BCUT2D eigenvalue weighted by molar-refractivity contribution is 6.35. The average Bonchev–Trinajstić information content (AvgIpc) is 3.06. The summed E-state index contributed by atoms with van der Waals surface area (Å²) in [6.07, 6.45) is 0.673. The summed E-state index contributed by atoms with van der Waals surface area (Å²) in [5.41, 5.74) is 13.7. The molecule has 0 saturated carbocycles. The van der Waals surface area contributed by atoms with Crippen molar-refractivity contribution in [3.8, 4) is 5.75 Å². The number of benzene rings is 3. The van der Waals surface area contributed by atoms with Crippen LogP contribution in [0.4, 0.5) is 0 Å². The van der Waals surface area contributed by atoms with E-state index in [1.165, 1.54) is 0 Å². The highest BCUT2D eigenvalue weighted by Gasteiger charge is 2.26. The molecule has 0 fully saturated rings. The van der Waals surface area contributed by atoms with E-state index in [9.17, 15) is 24.0 Å². The van der Waals surface area contributed by atoms with Gasteiger partial charge < -0.3 is 37.5 Å². The standard InChI is InChI=1S/C35H42Cl2N6O6/c1-21(2)15-29(33(39)46)43-35(48)30(17-22-7-4-3-5-8-22)42-32(45)19-40-31(44)18-41-34(47)28(38)16-23-11-13-24(14-12-23)49-20-25-26(36)9-6-10-27(25)37/h3-14,21,28-30H,15-20,38H2,1-2H3,(H2,39,46)(H,40,44)(H,41,47)(H,42,45)(H,43,48)/t28-,29-,30-/m0/s1. The molecule has 0 aliphatic heterocycles. The van der Waals surface area contributed by atoms with Crippen LogP contribution in [0.25, 0.3) is 0 Å². The second-order valence-corrected chi connectivity index (χ2v) is 12.7. The normalized spacial score (nSPS) is 12.7. The molecule has 0 spiro atoms. The molecule has 0 bridgehead atoms. The maximum Gasteiger partial charge on any atom is 0.243 e. The number of hydrogen-bond acceptors (Lipinski definition) is 7. The lowest BCUT2D eigenvalue weighted by Crippen LogP contribution is -2.55. The number of ether oxygens (including phenoxy) is 1. The molecule has 262 valence electrons. The van der Waals surface area contributed by atoms with Gasteiger partial charge in [-0.15, -0.1) is 0 Å². The highest BCUT2D eigenvalue weighted by Crippen LogP contribution is 2.26. The minimum Gasteiger partial charge on any atom is -0.489 e. The molecule has 3 aromatic carbocycles. The molecule has 49 heavy (non-hydrogen) atoms. The van der Waals surface area contributed by atoms with Gasteiger partial charge in [-0.05, 0) is 54.2 Å². The molecule has 3 atom stereocenters. The van der Waals surface area contributed by atoms with E-state index in [1.54, 1.807) is 66.7 Å². The Balaban J connectivity index is 1.45. The number of carbonyl (C=O) groups is 5. The van der Waals surface area contributed by atoms with Crippen molar-refractivity contribution >= 4 is 52.7 Å². The molecule has 0 heterocycles. The summed E-state index contributed by atoms with van der Waals surface area (Å²) in [5, 5.41) is 11.1. The molecule has 3 rings (SSSR count). The van der Waals surface area contributed by atoms with Gasteiger partial charge in [-0.25, -0.2) is 0 Å². The summed E-state index contributed by atoms with van der Waals surface area (Å²) in [7, 11) is 0. The van der Waals surface area contributed by atoms with Crippen LogP contribution >= 0.6 is 23.2 Å². The fraction of sp³-hybridized carbons (Fsp3) is 0.343. The second-order valence-electron chi connectivity index (χ2n) is 11.8. The Kier molecular flexibility index (Phi) is 15.3. The number of halogens is 2. The van der Waals surface area contributed by atoms with Gasteiger partial charge in [-0.3, -0.25) is 24.0 Å². The summed E-state index contributed by atoms with van der Waals surface area (Å²) in [5.74, 6) is -2.44. The molecule has 0 radical (unpaired) electrons. The van der Waals surface area contributed by atoms with E-state index in [0.717, 1.165) is 11.1 Å². The zero-order valence-corrected chi connectivity index (χ0v) is 28.9. The van der Waals surface area contributed by atoms with E-state index in [4.69, 9.17) is 39.4 Å². The first-order valence-corrected chi connectivity index (χ1v) is 16.5. The first kappa shape index (κ1) is 38.8. The summed E-state index contributed by atoms with van der Waals surface area (Å²) in [6.45, 7) is 3.09. The van der Waals surface area contributed by atoms with Crippen LogP contribution < -0.4 is 37.5 Å². The SMILES string of the molecule is CC(C)C[C@H](NC(=O)[C@H](Cc1ccccc1)NC(=O)CNC(=O)CNC(=O)[C@@H](N)Cc1ccc(OCc2c(Cl)cccc2Cl)cc1)C(N)=O. The van der Waals surface area contributed by atoms with Gasteiger partial charge in [0, 0.05) is 22.0 Å². The van der Waals surface area contributed by atoms with Crippen molar-refractivity contribution in [2.24, 2.45) is 17.4 Å². The second kappa shape index (κ2) is 19.4. The summed E-state index contributed by atoms with van der Waals surface area (Å²) in [6, 6.07) is 18.3. The lowest BCUT2D eigenvalue weighted by Gasteiger charge is -2.23. The average molecular weight is 714 g/mol. The van der Waals surface area contributed by atoms with Gasteiger partial charge >= 0.3 is 0 Å². The smallest absolute Gasteiger partial charge is 0.243 e.